The molecular weight excluding hydrogens is 345 g/mol. The molecule has 2 aromatic rings. The Morgan fingerprint density at radius 2 is 1.82 bits per heavy atom. The maximum atomic E-state index is 12.5. The third kappa shape index (κ3) is 3.05. The summed E-state index contributed by atoms with van der Waals surface area (Å²) in [5.41, 5.74) is 0.929. The molecule has 0 saturated heterocycles. The lowest BCUT2D eigenvalue weighted by molar-refractivity contribution is 0.484. The number of aryl methyl sites for hydroxylation is 1. The van der Waals surface area contributed by atoms with E-state index in [0.717, 1.165) is 0 Å². The number of nitriles is 1. The van der Waals surface area contributed by atoms with Crippen LogP contribution < -0.4 is 4.18 Å². The van der Waals surface area contributed by atoms with Gasteiger partial charge in [-0.05, 0) is 43.2 Å². The minimum absolute atomic E-state index is 0.0522. The molecule has 4 nitrogen and oxygen atoms in total. The monoisotopic (exact) mass is 355 g/mol. The van der Waals surface area contributed by atoms with Gasteiger partial charge in [-0.1, -0.05) is 35.3 Å². The van der Waals surface area contributed by atoms with Crippen molar-refractivity contribution in [3.8, 4) is 11.8 Å². The Labute approximate surface area is 139 Å². The molecule has 0 radical (unpaired) electrons. The molecule has 0 heterocycles. The van der Waals surface area contributed by atoms with Gasteiger partial charge in [0.05, 0.1) is 10.6 Å². The summed E-state index contributed by atoms with van der Waals surface area (Å²) in [5.74, 6) is -0.0573. The maximum Gasteiger partial charge on any atom is 0.341 e. The standard InChI is InChI=1S/C15H11Cl2NO3S/c1-9-7-12(16)10(2)15(14(9)17)22(19,20)21-13-6-4-3-5-11(13)8-18/h3-7H,1-2H3. The van der Waals surface area contributed by atoms with Crippen LogP contribution in [0.15, 0.2) is 35.2 Å². The van der Waals surface area contributed by atoms with E-state index in [0.29, 0.717) is 11.1 Å². The molecule has 22 heavy (non-hydrogen) atoms. The average Bonchev–Trinajstić information content (AvgIpc) is 2.45. The molecule has 0 aliphatic rings. The van der Waals surface area contributed by atoms with Crippen molar-refractivity contribution in [3.63, 3.8) is 0 Å². The Morgan fingerprint density at radius 1 is 1.18 bits per heavy atom. The largest absolute Gasteiger partial charge is 0.377 e. The summed E-state index contributed by atoms with van der Waals surface area (Å²) >= 11 is 12.1. The Balaban J connectivity index is 2.60. The number of hydrogen-bond donors (Lipinski definition) is 0. The van der Waals surface area contributed by atoms with E-state index in [1.54, 1.807) is 32.0 Å². The quantitative estimate of drug-likeness (QED) is 0.771. The molecule has 114 valence electrons. The van der Waals surface area contributed by atoms with E-state index in [-0.39, 0.29) is 26.3 Å². The number of hydrogen-bond acceptors (Lipinski definition) is 4. The highest BCUT2D eigenvalue weighted by Gasteiger charge is 2.26. The first-order chi connectivity index (χ1) is 10.3. The van der Waals surface area contributed by atoms with Crippen molar-refractivity contribution in [3.05, 3.63) is 57.1 Å². The Kier molecular flexibility index (Phi) is 4.66. The fourth-order valence-corrected chi connectivity index (χ4v) is 4.03. The molecule has 0 bridgehead atoms. The number of benzene rings is 2. The molecule has 2 aromatic carbocycles. The van der Waals surface area contributed by atoms with Crippen LogP contribution in [-0.2, 0) is 10.1 Å². The molecule has 0 aliphatic carbocycles. The minimum atomic E-state index is -4.22. The second-order valence-corrected chi connectivity index (χ2v) is 6.86. The highest BCUT2D eigenvalue weighted by atomic mass is 35.5. The van der Waals surface area contributed by atoms with Crippen LogP contribution in [0.3, 0.4) is 0 Å². The normalized spacial score (nSPS) is 11.0. The van der Waals surface area contributed by atoms with Crippen LogP contribution in [0.5, 0.6) is 5.75 Å². The van der Waals surface area contributed by atoms with Gasteiger partial charge in [0, 0.05) is 5.02 Å². The predicted octanol–water partition coefficient (Wildman–Crippen LogP) is 4.25. The average molecular weight is 356 g/mol. The van der Waals surface area contributed by atoms with Gasteiger partial charge in [0.15, 0.2) is 5.75 Å². The van der Waals surface area contributed by atoms with E-state index in [4.69, 9.17) is 32.6 Å². The highest BCUT2D eigenvalue weighted by Crippen LogP contribution is 2.35. The molecule has 0 amide bonds. The van der Waals surface area contributed by atoms with Gasteiger partial charge in [0.2, 0.25) is 0 Å². The summed E-state index contributed by atoms with van der Waals surface area (Å²) in [6.07, 6.45) is 0. The van der Waals surface area contributed by atoms with E-state index >= 15 is 0 Å². The van der Waals surface area contributed by atoms with Gasteiger partial charge >= 0.3 is 10.1 Å². The van der Waals surface area contributed by atoms with Crippen molar-refractivity contribution in [2.24, 2.45) is 0 Å². The van der Waals surface area contributed by atoms with Crippen molar-refractivity contribution in [2.45, 2.75) is 18.7 Å². The lowest BCUT2D eigenvalue weighted by Crippen LogP contribution is -2.13. The molecule has 0 N–H and O–H groups in total. The summed E-state index contributed by atoms with van der Waals surface area (Å²) in [7, 11) is -4.22. The SMILES string of the molecule is Cc1cc(Cl)c(C)c(S(=O)(=O)Oc2ccccc2C#N)c1Cl. The molecule has 0 saturated carbocycles. The second kappa shape index (κ2) is 6.17. The summed E-state index contributed by atoms with van der Waals surface area (Å²) in [6, 6.07) is 9.50. The molecular formula is C15H11Cl2NO3S. The Hall–Kier alpha value is -1.74. The van der Waals surface area contributed by atoms with Crippen LogP contribution in [-0.4, -0.2) is 8.42 Å². The first-order valence-corrected chi connectivity index (χ1v) is 8.33. The van der Waals surface area contributed by atoms with E-state index < -0.39 is 10.1 Å². The van der Waals surface area contributed by atoms with Crippen LogP contribution in [0.4, 0.5) is 0 Å². The Morgan fingerprint density at radius 3 is 2.45 bits per heavy atom. The van der Waals surface area contributed by atoms with Gasteiger partial charge in [-0.3, -0.25) is 0 Å². The molecule has 0 aromatic heterocycles. The molecule has 0 spiro atoms. The van der Waals surface area contributed by atoms with Crippen molar-refractivity contribution < 1.29 is 12.6 Å². The molecule has 7 heteroatoms. The van der Waals surface area contributed by atoms with E-state index in [1.807, 2.05) is 6.07 Å². The molecule has 0 unspecified atom stereocenters. The van der Waals surface area contributed by atoms with Crippen molar-refractivity contribution in [2.75, 3.05) is 0 Å². The molecule has 2 rings (SSSR count). The number of halogens is 2. The van der Waals surface area contributed by atoms with Crippen LogP contribution in [0.25, 0.3) is 0 Å². The zero-order chi connectivity index (χ0) is 16.5. The first kappa shape index (κ1) is 16.6. The lowest BCUT2D eigenvalue weighted by Gasteiger charge is -2.14. The zero-order valence-corrected chi connectivity index (χ0v) is 14.1. The van der Waals surface area contributed by atoms with E-state index in [1.165, 1.54) is 12.1 Å². The summed E-state index contributed by atoms with van der Waals surface area (Å²) < 4.78 is 30.2. The summed E-state index contributed by atoms with van der Waals surface area (Å²) in [4.78, 5) is -0.188. The molecule has 0 atom stereocenters. The van der Waals surface area contributed by atoms with Gasteiger partial charge < -0.3 is 4.18 Å². The second-order valence-electron chi connectivity index (χ2n) is 4.59. The third-order valence-corrected chi connectivity index (χ3v) is 5.45. The van der Waals surface area contributed by atoms with Gasteiger partial charge in [-0.2, -0.15) is 13.7 Å². The van der Waals surface area contributed by atoms with Crippen molar-refractivity contribution >= 4 is 33.3 Å². The summed E-state index contributed by atoms with van der Waals surface area (Å²) in [6.45, 7) is 3.19. The fraction of sp³-hybridized carbons (Fsp3) is 0.133. The van der Waals surface area contributed by atoms with Crippen molar-refractivity contribution in [1.29, 1.82) is 5.26 Å². The topological polar surface area (TPSA) is 67.2 Å². The van der Waals surface area contributed by atoms with Gasteiger partial charge in [0.25, 0.3) is 0 Å². The third-order valence-electron chi connectivity index (χ3n) is 3.04. The number of para-hydroxylation sites is 1. The maximum absolute atomic E-state index is 12.5. The molecule has 0 fully saturated rings. The van der Waals surface area contributed by atoms with Gasteiger partial charge in [0.1, 0.15) is 11.0 Å². The lowest BCUT2D eigenvalue weighted by atomic mass is 10.2. The van der Waals surface area contributed by atoms with E-state index in [9.17, 15) is 8.42 Å². The van der Waals surface area contributed by atoms with Gasteiger partial charge in [-0.15, -0.1) is 0 Å². The van der Waals surface area contributed by atoms with Crippen LogP contribution in [0, 0.1) is 25.2 Å². The smallest absolute Gasteiger partial charge is 0.341 e. The summed E-state index contributed by atoms with van der Waals surface area (Å²) in [5, 5.41) is 9.34. The minimum Gasteiger partial charge on any atom is -0.377 e. The van der Waals surface area contributed by atoms with Crippen molar-refractivity contribution in [1.82, 2.24) is 0 Å². The Bertz CT molecular complexity index is 860. The van der Waals surface area contributed by atoms with Crippen LogP contribution in [0.1, 0.15) is 16.7 Å². The zero-order valence-electron chi connectivity index (χ0n) is 11.7. The van der Waals surface area contributed by atoms with Gasteiger partial charge in [-0.25, -0.2) is 0 Å². The fourth-order valence-electron chi connectivity index (χ4n) is 1.90. The molecule has 0 aliphatic heterocycles. The van der Waals surface area contributed by atoms with Crippen LogP contribution >= 0.6 is 23.2 Å². The number of rotatable bonds is 3. The highest BCUT2D eigenvalue weighted by molar-refractivity contribution is 7.87. The first-order valence-electron chi connectivity index (χ1n) is 6.16. The number of nitrogens with zero attached hydrogens (tertiary/aromatic N) is 1. The predicted molar refractivity (Wildman–Crippen MR) is 84.9 cm³/mol. The van der Waals surface area contributed by atoms with E-state index in [2.05, 4.69) is 0 Å². The van der Waals surface area contributed by atoms with Crippen LogP contribution in [0.2, 0.25) is 10.0 Å².